The number of pyridine rings is 1. The second-order valence-corrected chi connectivity index (χ2v) is 6.44. The number of nitrogens with zero attached hydrogens (tertiary/aromatic N) is 3. The van der Waals surface area contributed by atoms with Crippen LogP contribution in [-0.2, 0) is 17.6 Å². The molecule has 4 nitrogen and oxygen atoms in total. The number of fused-ring (bicyclic) bond motifs is 1. The van der Waals surface area contributed by atoms with Crippen LogP contribution in [0.5, 0.6) is 0 Å². The summed E-state index contributed by atoms with van der Waals surface area (Å²) in [6.07, 6.45) is 5.56. The zero-order chi connectivity index (χ0) is 15.9. The van der Waals surface area contributed by atoms with Gasteiger partial charge in [0.2, 0.25) is 5.91 Å². The highest BCUT2D eigenvalue weighted by Gasteiger charge is 2.16. The Hall–Kier alpha value is -1.54. The third kappa shape index (κ3) is 4.01. The molecule has 1 aliphatic carbocycles. The molecule has 1 aliphatic rings. The molecular formula is C17H23N3OS. The van der Waals surface area contributed by atoms with Crippen LogP contribution < -0.4 is 0 Å². The highest BCUT2D eigenvalue weighted by molar-refractivity contribution is 7.99. The molecule has 1 aromatic heterocycles. The average molecular weight is 317 g/mol. The molecule has 0 saturated carbocycles. The first-order chi connectivity index (χ1) is 10.7. The number of aromatic nitrogens is 1. The minimum Gasteiger partial charge on any atom is -0.343 e. The fourth-order valence-electron chi connectivity index (χ4n) is 2.78. The van der Waals surface area contributed by atoms with Gasteiger partial charge in [-0.15, -0.1) is 0 Å². The van der Waals surface area contributed by atoms with Crippen LogP contribution in [0, 0.1) is 11.3 Å². The molecule has 0 unspecified atom stereocenters. The summed E-state index contributed by atoms with van der Waals surface area (Å²) in [5.74, 6) is 0.456. The number of nitriles is 1. The zero-order valence-corrected chi connectivity index (χ0v) is 14.2. The maximum absolute atomic E-state index is 12.1. The highest BCUT2D eigenvalue weighted by atomic mass is 32.2. The minimum absolute atomic E-state index is 0.107. The van der Waals surface area contributed by atoms with Gasteiger partial charge >= 0.3 is 0 Å². The summed E-state index contributed by atoms with van der Waals surface area (Å²) in [5, 5.41) is 10.1. The topological polar surface area (TPSA) is 57.0 Å². The standard InChI is InChI=1S/C17H23N3OS/c1-3-20(4-2)16(21)12-22-17-14(11-18)10-13-8-6-5-7-9-15(13)19-17/h10H,3-9,12H2,1-2H3. The van der Waals surface area contributed by atoms with E-state index in [0.717, 1.165) is 38.0 Å². The second kappa shape index (κ2) is 8.19. The largest absolute Gasteiger partial charge is 0.343 e. The lowest BCUT2D eigenvalue weighted by Gasteiger charge is -2.18. The summed E-state index contributed by atoms with van der Waals surface area (Å²) in [5.41, 5.74) is 2.95. The molecule has 118 valence electrons. The Morgan fingerprint density at radius 3 is 2.73 bits per heavy atom. The predicted molar refractivity (Wildman–Crippen MR) is 88.9 cm³/mol. The Morgan fingerprint density at radius 2 is 2.05 bits per heavy atom. The molecule has 0 fully saturated rings. The molecule has 1 heterocycles. The van der Waals surface area contributed by atoms with Crippen LogP contribution in [0.3, 0.4) is 0 Å². The van der Waals surface area contributed by atoms with Gasteiger partial charge in [0.25, 0.3) is 0 Å². The van der Waals surface area contributed by atoms with E-state index in [1.54, 1.807) is 0 Å². The molecule has 22 heavy (non-hydrogen) atoms. The third-order valence-electron chi connectivity index (χ3n) is 4.08. The van der Waals surface area contributed by atoms with E-state index in [1.807, 2.05) is 24.8 Å². The number of carbonyl (C=O) groups excluding carboxylic acids is 1. The van der Waals surface area contributed by atoms with Gasteiger partial charge in [-0.05, 0) is 51.2 Å². The summed E-state index contributed by atoms with van der Waals surface area (Å²) in [6.45, 7) is 5.40. The normalized spacial score (nSPS) is 13.9. The van der Waals surface area contributed by atoms with Crippen LogP contribution in [0.15, 0.2) is 11.1 Å². The first-order valence-electron chi connectivity index (χ1n) is 8.03. The van der Waals surface area contributed by atoms with Crippen molar-refractivity contribution in [2.45, 2.75) is 51.0 Å². The average Bonchev–Trinajstić information content (AvgIpc) is 2.77. The van der Waals surface area contributed by atoms with Crippen LogP contribution in [0.4, 0.5) is 0 Å². The first-order valence-corrected chi connectivity index (χ1v) is 9.01. The summed E-state index contributed by atoms with van der Waals surface area (Å²) in [7, 11) is 0. The molecule has 1 amide bonds. The second-order valence-electron chi connectivity index (χ2n) is 5.47. The maximum Gasteiger partial charge on any atom is 0.232 e. The molecule has 1 aromatic rings. The lowest BCUT2D eigenvalue weighted by atomic mass is 10.1. The van der Waals surface area contributed by atoms with Crippen molar-refractivity contribution in [2.75, 3.05) is 18.8 Å². The monoisotopic (exact) mass is 317 g/mol. The van der Waals surface area contributed by atoms with Crippen molar-refractivity contribution in [2.24, 2.45) is 0 Å². The van der Waals surface area contributed by atoms with Crippen molar-refractivity contribution in [1.29, 1.82) is 5.26 Å². The molecule has 0 radical (unpaired) electrons. The lowest BCUT2D eigenvalue weighted by molar-refractivity contribution is -0.127. The SMILES string of the molecule is CCN(CC)C(=O)CSc1nc2c(cc1C#N)CCCCC2. The van der Waals surface area contributed by atoms with E-state index in [2.05, 4.69) is 6.07 Å². The van der Waals surface area contributed by atoms with Crippen molar-refractivity contribution in [1.82, 2.24) is 9.88 Å². The number of carbonyl (C=O) groups is 1. The van der Waals surface area contributed by atoms with Gasteiger partial charge in [-0.1, -0.05) is 18.2 Å². The Kier molecular flexibility index (Phi) is 6.26. The first kappa shape index (κ1) is 16.8. The molecule has 0 atom stereocenters. The van der Waals surface area contributed by atoms with Crippen molar-refractivity contribution in [3.05, 3.63) is 22.9 Å². The van der Waals surface area contributed by atoms with E-state index in [-0.39, 0.29) is 5.91 Å². The van der Waals surface area contributed by atoms with Gasteiger partial charge in [0, 0.05) is 18.8 Å². The number of aryl methyl sites for hydroxylation is 2. The van der Waals surface area contributed by atoms with Crippen molar-refractivity contribution in [3.8, 4) is 6.07 Å². The van der Waals surface area contributed by atoms with E-state index < -0.39 is 0 Å². The van der Waals surface area contributed by atoms with Crippen molar-refractivity contribution >= 4 is 17.7 Å². The van der Waals surface area contributed by atoms with E-state index >= 15 is 0 Å². The summed E-state index contributed by atoms with van der Waals surface area (Å²) in [6, 6.07) is 4.22. The quantitative estimate of drug-likeness (QED) is 0.618. The highest BCUT2D eigenvalue weighted by Crippen LogP contribution is 2.27. The van der Waals surface area contributed by atoms with Crippen LogP contribution in [0.2, 0.25) is 0 Å². The van der Waals surface area contributed by atoms with E-state index in [9.17, 15) is 10.1 Å². The van der Waals surface area contributed by atoms with Crippen LogP contribution in [-0.4, -0.2) is 34.6 Å². The molecular weight excluding hydrogens is 294 g/mol. The van der Waals surface area contributed by atoms with Crippen LogP contribution in [0.1, 0.15) is 49.9 Å². The van der Waals surface area contributed by atoms with Crippen molar-refractivity contribution < 1.29 is 4.79 Å². The van der Waals surface area contributed by atoms with Crippen LogP contribution >= 0.6 is 11.8 Å². The van der Waals surface area contributed by atoms with Gasteiger partial charge in [-0.25, -0.2) is 4.98 Å². The van der Waals surface area contributed by atoms with Gasteiger partial charge in [0.05, 0.1) is 11.3 Å². The minimum atomic E-state index is 0.107. The Morgan fingerprint density at radius 1 is 1.32 bits per heavy atom. The molecule has 0 aliphatic heterocycles. The maximum atomic E-state index is 12.1. The fourth-order valence-corrected chi connectivity index (χ4v) is 3.66. The van der Waals surface area contributed by atoms with Gasteiger partial charge in [0.15, 0.2) is 0 Å². The van der Waals surface area contributed by atoms with Gasteiger partial charge in [-0.2, -0.15) is 5.26 Å². The van der Waals surface area contributed by atoms with Crippen molar-refractivity contribution in [3.63, 3.8) is 0 Å². The summed E-state index contributed by atoms with van der Waals surface area (Å²) in [4.78, 5) is 18.6. The van der Waals surface area contributed by atoms with Crippen LogP contribution in [0.25, 0.3) is 0 Å². The smallest absolute Gasteiger partial charge is 0.232 e. The summed E-state index contributed by atoms with van der Waals surface area (Å²) < 4.78 is 0. The predicted octanol–water partition coefficient (Wildman–Crippen LogP) is 3.18. The zero-order valence-electron chi connectivity index (χ0n) is 13.4. The number of hydrogen-bond acceptors (Lipinski definition) is 4. The van der Waals surface area contributed by atoms with Gasteiger partial charge in [-0.3, -0.25) is 4.79 Å². The van der Waals surface area contributed by atoms with Gasteiger partial charge in [0.1, 0.15) is 11.1 Å². The van der Waals surface area contributed by atoms with Gasteiger partial charge < -0.3 is 4.90 Å². The van der Waals surface area contributed by atoms with E-state index in [0.29, 0.717) is 16.3 Å². The lowest BCUT2D eigenvalue weighted by Crippen LogP contribution is -2.31. The molecule has 0 spiro atoms. The Balaban J connectivity index is 2.15. The molecule has 2 rings (SSSR count). The number of hydrogen-bond donors (Lipinski definition) is 0. The number of rotatable bonds is 5. The molecule has 0 N–H and O–H groups in total. The Bertz CT molecular complexity index is 576. The molecule has 0 aromatic carbocycles. The summed E-state index contributed by atoms with van der Waals surface area (Å²) >= 11 is 1.39. The molecule has 0 bridgehead atoms. The van der Waals surface area contributed by atoms with E-state index in [1.165, 1.54) is 30.2 Å². The Labute approximate surface area is 136 Å². The fraction of sp³-hybridized carbons (Fsp3) is 0.588. The molecule has 5 heteroatoms. The third-order valence-corrected chi connectivity index (χ3v) is 5.06. The van der Waals surface area contributed by atoms with E-state index in [4.69, 9.17) is 4.98 Å². The molecule has 0 saturated heterocycles. The number of thioether (sulfide) groups is 1. The number of amides is 1.